The second-order valence-corrected chi connectivity index (χ2v) is 5.72. The molecule has 0 amide bonds. The molecule has 3 rings (SSSR count). The Morgan fingerprint density at radius 3 is 1.96 bits per heavy atom. The predicted octanol–water partition coefficient (Wildman–Crippen LogP) is 5.86. The number of amidine groups is 1. The average Bonchev–Trinajstić information content (AvgIpc) is 2.65. The van der Waals surface area contributed by atoms with Crippen LogP contribution in [0.5, 0.6) is 0 Å². The molecule has 0 spiro atoms. The summed E-state index contributed by atoms with van der Waals surface area (Å²) in [5.41, 5.74) is 7.91. The van der Waals surface area contributed by atoms with E-state index >= 15 is 0 Å². The summed E-state index contributed by atoms with van der Waals surface area (Å²) in [6, 6.07) is 25.7. The van der Waals surface area contributed by atoms with Gasteiger partial charge in [0.05, 0.1) is 11.4 Å². The number of aryl methyl sites for hydroxylation is 2. The molecule has 25 heavy (non-hydrogen) atoms. The topological polar surface area (TPSA) is 49.1 Å². The summed E-state index contributed by atoms with van der Waals surface area (Å²) in [4.78, 5) is 0. The lowest BCUT2D eigenvalue weighted by Gasteiger charge is -2.05. The van der Waals surface area contributed by atoms with E-state index in [0.29, 0.717) is 5.84 Å². The molecular formula is C21H20N4. The maximum Gasteiger partial charge on any atom is 0.201 e. The average molecular weight is 328 g/mol. The van der Waals surface area contributed by atoms with Crippen LogP contribution < -0.4 is 5.43 Å². The third kappa shape index (κ3) is 4.38. The summed E-state index contributed by atoms with van der Waals surface area (Å²) in [5, 5.41) is 13.3. The maximum absolute atomic E-state index is 4.45. The van der Waals surface area contributed by atoms with Gasteiger partial charge in [-0.2, -0.15) is 5.10 Å². The lowest BCUT2D eigenvalue weighted by atomic mass is 10.1. The largest absolute Gasteiger partial charge is 0.276 e. The highest BCUT2D eigenvalue weighted by molar-refractivity contribution is 5.99. The molecule has 4 heteroatoms. The van der Waals surface area contributed by atoms with E-state index in [9.17, 15) is 0 Å². The van der Waals surface area contributed by atoms with E-state index in [1.54, 1.807) is 0 Å². The zero-order valence-electron chi connectivity index (χ0n) is 14.3. The molecule has 3 aromatic carbocycles. The molecule has 3 aromatic rings. The Balaban J connectivity index is 1.93. The van der Waals surface area contributed by atoms with Gasteiger partial charge in [-0.3, -0.25) is 5.43 Å². The molecular weight excluding hydrogens is 308 g/mol. The van der Waals surface area contributed by atoms with Gasteiger partial charge < -0.3 is 0 Å². The van der Waals surface area contributed by atoms with E-state index in [0.717, 1.165) is 28.1 Å². The fraction of sp³-hybridized carbons (Fsp3) is 0.0952. The van der Waals surface area contributed by atoms with E-state index < -0.39 is 0 Å². The Morgan fingerprint density at radius 1 is 0.720 bits per heavy atom. The number of hydrazone groups is 1. The van der Waals surface area contributed by atoms with Crippen molar-refractivity contribution in [1.82, 2.24) is 0 Å². The van der Waals surface area contributed by atoms with Crippen molar-refractivity contribution >= 4 is 17.2 Å². The van der Waals surface area contributed by atoms with Crippen molar-refractivity contribution in [2.24, 2.45) is 15.3 Å². The van der Waals surface area contributed by atoms with Crippen molar-refractivity contribution in [2.45, 2.75) is 13.8 Å². The van der Waals surface area contributed by atoms with Crippen LogP contribution >= 0.6 is 0 Å². The molecule has 0 saturated carbocycles. The van der Waals surface area contributed by atoms with E-state index in [4.69, 9.17) is 0 Å². The van der Waals surface area contributed by atoms with Gasteiger partial charge in [-0.1, -0.05) is 66.7 Å². The van der Waals surface area contributed by atoms with Gasteiger partial charge in [-0.25, -0.2) is 0 Å². The first kappa shape index (κ1) is 16.6. The van der Waals surface area contributed by atoms with Crippen LogP contribution in [0.15, 0.2) is 94.2 Å². The van der Waals surface area contributed by atoms with Crippen LogP contribution in [-0.4, -0.2) is 5.84 Å². The third-order valence-electron chi connectivity index (χ3n) is 3.78. The number of azo groups is 1. The molecule has 0 atom stereocenters. The zero-order chi connectivity index (χ0) is 17.5. The molecule has 0 aliphatic carbocycles. The normalized spacial score (nSPS) is 11.7. The van der Waals surface area contributed by atoms with Crippen LogP contribution in [0.25, 0.3) is 0 Å². The summed E-state index contributed by atoms with van der Waals surface area (Å²) in [7, 11) is 0. The lowest BCUT2D eigenvalue weighted by molar-refractivity contribution is 1.19. The van der Waals surface area contributed by atoms with E-state index in [1.807, 2.05) is 92.7 Å². The first-order valence-corrected chi connectivity index (χ1v) is 8.16. The Labute approximate surface area is 148 Å². The van der Waals surface area contributed by atoms with Crippen LogP contribution in [0.3, 0.4) is 0 Å². The standard InChI is InChI=1S/C21H20N4/c1-16-10-9-11-17(2)20(16)23-25-21(18-12-5-3-6-13-18)24-22-19-14-7-4-8-15-19/h3-15,22H,1-2H3/b24-21+,25-23?. The number of anilines is 1. The van der Waals surface area contributed by atoms with Crippen molar-refractivity contribution in [2.75, 3.05) is 5.43 Å². The van der Waals surface area contributed by atoms with Crippen LogP contribution in [-0.2, 0) is 0 Å². The molecule has 4 nitrogen and oxygen atoms in total. The Kier molecular flexibility index (Phi) is 5.32. The second kappa shape index (κ2) is 8.02. The molecule has 0 aliphatic heterocycles. The number of hydrogen-bond donors (Lipinski definition) is 1. The fourth-order valence-corrected chi connectivity index (χ4v) is 2.42. The van der Waals surface area contributed by atoms with E-state index in [1.165, 1.54) is 0 Å². The van der Waals surface area contributed by atoms with E-state index in [-0.39, 0.29) is 0 Å². The van der Waals surface area contributed by atoms with Crippen molar-refractivity contribution < 1.29 is 0 Å². The van der Waals surface area contributed by atoms with Crippen molar-refractivity contribution in [3.63, 3.8) is 0 Å². The Morgan fingerprint density at radius 2 is 1.32 bits per heavy atom. The summed E-state index contributed by atoms with van der Waals surface area (Å²) < 4.78 is 0. The Hall–Kier alpha value is -3.27. The highest BCUT2D eigenvalue weighted by Crippen LogP contribution is 2.23. The second-order valence-electron chi connectivity index (χ2n) is 5.72. The number of para-hydroxylation sites is 1. The highest BCUT2D eigenvalue weighted by atomic mass is 15.3. The summed E-state index contributed by atoms with van der Waals surface area (Å²) in [6.45, 7) is 4.06. The molecule has 124 valence electrons. The molecule has 1 N–H and O–H groups in total. The van der Waals surface area contributed by atoms with Crippen molar-refractivity contribution in [3.8, 4) is 0 Å². The van der Waals surface area contributed by atoms with Gasteiger partial charge in [0.1, 0.15) is 0 Å². The monoisotopic (exact) mass is 328 g/mol. The fourth-order valence-electron chi connectivity index (χ4n) is 2.42. The SMILES string of the molecule is Cc1cccc(C)c1N=N/C(=N/Nc1ccccc1)c1ccccc1. The lowest BCUT2D eigenvalue weighted by Crippen LogP contribution is -2.01. The molecule has 0 saturated heterocycles. The van der Waals surface area contributed by atoms with Crippen LogP contribution in [0, 0.1) is 13.8 Å². The molecule has 0 fully saturated rings. The van der Waals surface area contributed by atoms with Crippen molar-refractivity contribution in [3.05, 3.63) is 95.6 Å². The minimum Gasteiger partial charge on any atom is -0.276 e. The summed E-state index contributed by atoms with van der Waals surface area (Å²) >= 11 is 0. The van der Waals surface area contributed by atoms with E-state index in [2.05, 4.69) is 20.8 Å². The molecule has 0 unspecified atom stereocenters. The van der Waals surface area contributed by atoms with Gasteiger partial charge in [0.2, 0.25) is 5.84 Å². The quantitative estimate of drug-likeness (QED) is 0.277. The van der Waals surface area contributed by atoms with Gasteiger partial charge in [-0.05, 0) is 37.1 Å². The first-order chi connectivity index (χ1) is 12.2. The number of benzene rings is 3. The summed E-state index contributed by atoms with van der Waals surface area (Å²) in [5.74, 6) is 0.534. The number of nitrogens with one attached hydrogen (secondary N) is 1. The van der Waals surface area contributed by atoms with Gasteiger partial charge >= 0.3 is 0 Å². The number of nitrogens with zero attached hydrogens (tertiary/aromatic N) is 3. The maximum atomic E-state index is 4.45. The highest BCUT2D eigenvalue weighted by Gasteiger charge is 2.04. The van der Waals surface area contributed by atoms with Crippen LogP contribution in [0.1, 0.15) is 16.7 Å². The third-order valence-corrected chi connectivity index (χ3v) is 3.78. The van der Waals surface area contributed by atoms with Crippen LogP contribution in [0.4, 0.5) is 11.4 Å². The summed E-state index contributed by atoms with van der Waals surface area (Å²) in [6.07, 6.45) is 0. The molecule has 0 aliphatic rings. The van der Waals surface area contributed by atoms with Gasteiger partial charge in [-0.15, -0.1) is 10.2 Å². The predicted molar refractivity (Wildman–Crippen MR) is 103 cm³/mol. The Bertz CT molecular complexity index is 864. The van der Waals surface area contributed by atoms with Gasteiger partial charge in [0, 0.05) is 5.56 Å². The first-order valence-electron chi connectivity index (χ1n) is 8.16. The van der Waals surface area contributed by atoms with Crippen molar-refractivity contribution in [1.29, 1.82) is 0 Å². The minimum atomic E-state index is 0.534. The molecule has 0 aromatic heterocycles. The smallest absolute Gasteiger partial charge is 0.201 e. The van der Waals surface area contributed by atoms with Gasteiger partial charge in [0.15, 0.2) is 0 Å². The molecule has 0 bridgehead atoms. The number of hydrogen-bond acceptors (Lipinski definition) is 3. The van der Waals surface area contributed by atoms with Crippen LogP contribution in [0.2, 0.25) is 0 Å². The molecule has 0 radical (unpaired) electrons. The number of rotatable bonds is 4. The molecule has 0 heterocycles. The zero-order valence-corrected chi connectivity index (χ0v) is 14.3. The van der Waals surface area contributed by atoms with Gasteiger partial charge in [0.25, 0.3) is 0 Å². The minimum absolute atomic E-state index is 0.534.